The van der Waals surface area contributed by atoms with Gasteiger partial charge in [-0.2, -0.15) is 0 Å². The Morgan fingerprint density at radius 1 is 1.14 bits per heavy atom. The minimum absolute atomic E-state index is 0. The maximum Gasteiger partial charge on any atom is 0.244 e. The first-order valence-corrected chi connectivity index (χ1v) is 10.3. The summed E-state index contributed by atoms with van der Waals surface area (Å²) in [6.07, 6.45) is 1.78. The lowest BCUT2D eigenvalue weighted by Crippen LogP contribution is -2.22. The number of rotatable bonds is 3. The number of amides is 1. The van der Waals surface area contributed by atoms with Crippen molar-refractivity contribution >= 4 is 58.1 Å². The fraction of sp³-hybridized carbons (Fsp3) is 0.318. The summed E-state index contributed by atoms with van der Waals surface area (Å²) >= 11 is 12.6. The molecule has 0 radical (unpaired) electrons. The summed E-state index contributed by atoms with van der Waals surface area (Å²) in [6, 6.07) is 9.76. The quantitative estimate of drug-likeness (QED) is 0.565. The highest BCUT2D eigenvalue weighted by atomic mass is 35.5. The van der Waals surface area contributed by atoms with E-state index in [0.717, 1.165) is 53.6 Å². The van der Waals surface area contributed by atoms with Gasteiger partial charge in [-0.05, 0) is 61.7 Å². The van der Waals surface area contributed by atoms with E-state index in [-0.39, 0.29) is 24.9 Å². The minimum Gasteiger partial charge on any atom is -0.335 e. The van der Waals surface area contributed by atoms with E-state index in [4.69, 9.17) is 23.2 Å². The summed E-state index contributed by atoms with van der Waals surface area (Å²) < 4.78 is 2.10. The standard InChI is InChI=1S/C22H23Cl2N3O.ClH/c1-13-4-3-5-19(14(13)2)26-22(28)12-27-20-7-9-25-8-6-15(20)16-10-17(23)18(24)11-21(16)27;/h3-5,10-11,25H,6-9,12H2,1-2H3,(H,26,28);1H. The third-order valence-electron chi connectivity index (χ3n) is 5.60. The molecule has 7 heteroatoms. The van der Waals surface area contributed by atoms with Crippen molar-refractivity contribution in [3.8, 4) is 0 Å². The number of aryl methyl sites for hydroxylation is 1. The first kappa shape index (κ1) is 22.0. The monoisotopic (exact) mass is 451 g/mol. The van der Waals surface area contributed by atoms with Crippen LogP contribution in [-0.2, 0) is 24.2 Å². The number of halogens is 3. The summed E-state index contributed by atoms with van der Waals surface area (Å²) in [5.41, 5.74) is 6.52. The zero-order valence-electron chi connectivity index (χ0n) is 16.4. The van der Waals surface area contributed by atoms with Gasteiger partial charge in [-0.1, -0.05) is 35.3 Å². The molecule has 2 N–H and O–H groups in total. The van der Waals surface area contributed by atoms with Crippen molar-refractivity contribution in [3.05, 3.63) is 62.8 Å². The van der Waals surface area contributed by atoms with E-state index in [2.05, 4.69) is 15.2 Å². The van der Waals surface area contributed by atoms with E-state index in [1.54, 1.807) is 0 Å². The van der Waals surface area contributed by atoms with Crippen molar-refractivity contribution in [3.63, 3.8) is 0 Å². The molecule has 0 fully saturated rings. The lowest BCUT2D eigenvalue weighted by molar-refractivity contribution is -0.116. The van der Waals surface area contributed by atoms with Crippen molar-refractivity contribution in [1.82, 2.24) is 9.88 Å². The number of hydrogen-bond donors (Lipinski definition) is 2. The summed E-state index contributed by atoms with van der Waals surface area (Å²) in [5.74, 6) is -0.0447. The molecule has 1 aliphatic rings. The SMILES string of the molecule is Cc1cccc(NC(=O)Cn2c3c(c4cc(Cl)c(Cl)cc42)CCNCC3)c1C.Cl. The van der Waals surface area contributed by atoms with Crippen LogP contribution in [0.4, 0.5) is 5.69 Å². The van der Waals surface area contributed by atoms with Crippen LogP contribution in [0.5, 0.6) is 0 Å². The van der Waals surface area contributed by atoms with Crippen LogP contribution in [-0.4, -0.2) is 23.6 Å². The molecule has 3 aromatic rings. The minimum atomic E-state index is -0.0447. The Kier molecular flexibility index (Phi) is 6.79. The number of hydrogen-bond acceptors (Lipinski definition) is 2. The van der Waals surface area contributed by atoms with Crippen LogP contribution in [0.15, 0.2) is 30.3 Å². The van der Waals surface area contributed by atoms with Gasteiger partial charge in [0.1, 0.15) is 6.54 Å². The van der Waals surface area contributed by atoms with Gasteiger partial charge in [-0.3, -0.25) is 4.79 Å². The second-order valence-corrected chi connectivity index (χ2v) is 8.15. The fourth-order valence-corrected chi connectivity index (χ4v) is 4.30. The average molecular weight is 453 g/mol. The molecule has 4 nitrogen and oxygen atoms in total. The van der Waals surface area contributed by atoms with Gasteiger partial charge in [0, 0.05) is 29.7 Å². The Balaban J connectivity index is 0.00000240. The van der Waals surface area contributed by atoms with Crippen molar-refractivity contribution < 1.29 is 4.79 Å². The van der Waals surface area contributed by atoms with Gasteiger partial charge in [0.05, 0.1) is 15.6 Å². The third-order valence-corrected chi connectivity index (χ3v) is 6.32. The molecule has 0 aliphatic carbocycles. The molecular weight excluding hydrogens is 429 g/mol. The van der Waals surface area contributed by atoms with Gasteiger partial charge in [0.2, 0.25) is 5.91 Å². The van der Waals surface area contributed by atoms with E-state index in [9.17, 15) is 4.79 Å². The topological polar surface area (TPSA) is 46.1 Å². The van der Waals surface area contributed by atoms with E-state index < -0.39 is 0 Å². The second kappa shape index (κ2) is 8.97. The normalized spacial score (nSPS) is 13.5. The Bertz CT molecular complexity index is 1080. The van der Waals surface area contributed by atoms with E-state index in [1.807, 2.05) is 44.2 Å². The highest BCUT2D eigenvalue weighted by Gasteiger charge is 2.21. The first-order valence-electron chi connectivity index (χ1n) is 9.51. The summed E-state index contributed by atoms with van der Waals surface area (Å²) in [5, 5.41) is 8.65. The number of fused-ring (bicyclic) bond motifs is 3. The number of nitrogens with zero attached hydrogens (tertiary/aromatic N) is 1. The molecule has 4 rings (SSSR count). The molecule has 0 saturated heterocycles. The van der Waals surface area contributed by atoms with Crippen LogP contribution in [0, 0.1) is 13.8 Å². The Labute approximate surface area is 187 Å². The molecule has 154 valence electrons. The van der Waals surface area contributed by atoms with Gasteiger partial charge in [0.25, 0.3) is 0 Å². The zero-order valence-corrected chi connectivity index (χ0v) is 18.8. The van der Waals surface area contributed by atoms with Gasteiger partial charge in [0.15, 0.2) is 0 Å². The van der Waals surface area contributed by atoms with E-state index in [0.29, 0.717) is 10.0 Å². The zero-order chi connectivity index (χ0) is 19.8. The largest absolute Gasteiger partial charge is 0.335 e. The summed E-state index contributed by atoms with van der Waals surface area (Å²) in [7, 11) is 0. The van der Waals surface area contributed by atoms with Crippen molar-refractivity contribution in [2.75, 3.05) is 18.4 Å². The van der Waals surface area contributed by atoms with Crippen LogP contribution < -0.4 is 10.6 Å². The summed E-state index contributed by atoms with van der Waals surface area (Å²) in [6.45, 7) is 6.13. The van der Waals surface area contributed by atoms with Crippen molar-refractivity contribution in [2.45, 2.75) is 33.2 Å². The maximum absolute atomic E-state index is 12.9. The lowest BCUT2D eigenvalue weighted by Gasteiger charge is -2.14. The smallest absolute Gasteiger partial charge is 0.244 e. The number of carbonyl (C=O) groups excluding carboxylic acids is 1. The lowest BCUT2D eigenvalue weighted by atomic mass is 10.1. The third kappa shape index (κ3) is 4.26. The molecule has 0 spiro atoms. The van der Waals surface area contributed by atoms with Crippen LogP contribution in [0.25, 0.3) is 10.9 Å². The molecule has 0 saturated carbocycles. The molecule has 1 aliphatic heterocycles. The first-order chi connectivity index (χ1) is 13.5. The molecule has 0 unspecified atom stereocenters. The number of nitrogens with one attached hydrogen (secondary N) is 2. The van der Waals surface area contributed by atoms with Gasteiger partial charge in [-0.25, -0.2) is 0 Å². The number of benzene rings is 2. The molecular formula is C22H24Cl3N3O. The molecule has 1 aromatic heterocycles. The summed E-state index contributed by atoms with van der Waals surface area (Å²) in [4.78, 5) is 12.9. The molecule has 0 atom stereocenters. The Morgan fingerprint density at radius 2 is 1.86 bits per heavy atom. The Hall–Kier alpha value is -1.72. The number of carbonyl (C=O) groups is 1. The molecule has 2 aromatic carbocycles. The Morgan fingerprint density at radius 3 is 2.66 bits per heavy atom. The molecule has 0 bridgehead atoms. The predicted octanol–water partition coefficient (Wildman–Crippen LogP) is 5.31. The predicted molar refractivity (Wildman–Crippen MR) is 124 cm³/mol. The van der Waals surface area contributed by atoms with E-state index >= 15 is 0 Å². The highest BCUT2D eigenvalue weighted by molar-refractivity contribution is 6.42. The van der Waals surface area contributed by atoms with Crippen LogP contribution in [0.1, 0.15) is 22.4 Å². The molecule has 2 heterocycles. The second-order valence-electron chi connectivity index (χ2n) is 7.34. The van der Waals surface area contributed by atoms with Crippen LogP contribution >= 0.6 is 35.6 Å². The number of aromatic nitrogens is 1. The van der Waals surface area contributed by atoms with Crippen LogP contribution in [0.3, 0.4) is 0 Å². The average Bonchev–Trinajstić information content (AvgIpc) is 2.82. The van der Waals surface area contributed by atoms with Crippen LogP contribution in [0.2, 0.25) is 10.0 Å². The van der Waals surface area contributed by atoms with Gasteiger partial charge in [-0.15, -0.1) is 12.4 Å². The molecule has 29 heavy (non-hydrogen) atoms. The van der Waals surface area contributed by atoms with Gasteiger partial charge >= 0.3 is 0 Å². The maximum atomic E-state index is 12.9. The van der Waals surface area contributed by atoms with Crippen molar-refractivity contribution in [2.24, 2.45) is 0 Å². The number of anilines is 1. The van der Waals surface area contributed by atoms with E-state index in [1.165, 1.54) is 11.3 Å². The van der Waals surface area contributed by atoms with Crippen molar-refractivity contribution in [1.29, 1.82) is 0 Å². The molecule has 1 amide bonds. The van der Waals surface area contributed by atoms with Gasteiger partial charge < -0.3 is 15.2 Å². The highest BCUT2D eigenvalue weighted by Crippen LogP contribution is 2.34. The fourth-order valence-electron chi connectivity index (χ4n) is 3.98.